The SMILES string of the molecule is [2H]C1(c2ccc(-c3ccc4cc(-c5cc(-c6ccccc6C)[n+](C)cc5C5([2H])CCCCC5)ccc4c3)cc2)CCCCC1. The van der Waals surface area contributed by atoms with Gasteiger partial charge in [-0.3, -0.25) is 0 Å². The van der Waals surface area contributed by atoms with E-state index in [-0.39, 0.29) is 0 Å². The van der Waals surface area contributed by atoms with Gasteiger partial charge in [0.25, 0.3) is 0 Å². The molecule has 1 heterocycles. The van der Waals surface area contributed by atoms with E-state index in [1.807, 2.05) is 0 Å². The predicted molar refractivity (Wildman–Crippen MR) is 178 cm³/mol. The Balaban J connectivity index is 1.27. The van der Waals surface area contributed by atoms with Crippen LogP contribution in [0.2, 0.25) is 0 Å². The summed E-state index contributed by atoms with van der Waals surface area (Å²) in [5.41, 5.74) is 10.8. The Hall–Kier alpha value is -3.71. The van der Waals surface area contributed by atoms with Crippen molar-refractivity contribution in [2.75, 3.05) is 0 Å². The predicted octanol–water partition coefficient (Wildman–Crippen LogP) is 11.1. The van der Waals surface area contributed by atoms with Crippen LogP contribution in [0.1, 0.15) is 95.4 Å². The van der Waals surface area contributed by atoms with Gasteiger partial charge in [-0.2, -0.15) is 0 Å². The molecule has 0 N–H and O–H groups in total. The van der Waals surface area contributed by atoms with E-state index in [4.69, 9.17) is 1.37 Å². The monoisotopic (exact) mass is 552 g/mol. The average Bonchev–Trinajstić information content (AvgIpc) is 3.05. The van der Waals surface area contributed by atoms with E-state index in [2.05, 4.69) is 116 Å². The zero-order valence-electron chi connectivity index (χ0n) is 27.3. The highest BCUT2D eigenvalue weighted by Gasteiger charge is 2.25. The van der Waals surface area contributed by atoms with E-state index in [0.717, 1.165) is 62.5 Å². The van der Waals surface area contributed by atoms with Crippen molar-refractivity contribution in [3.05, 3.63) is 114 Å². The molecule has 1 heteroatoms. The first kappa shape index (κ1) is 24.8. The molecule has 0 radical (unpaired) electrons. The van der Waals surface area contributed by atoms with Gasteiger partial charge in [-0.1, -0.05) is 105 Å². The lowest BCUT2D eigenvalue weighted by Crippen LogP contribution is -2.32. The third-order valence-corrected chi connectivity index (χ3v) is 9.77. The molecule has 5 aromatic rings. The fraction of sp³-hybridized carbons (Fsp3) is 0.341. The first-order valence-electron chi connectivity index (χ1n) is 17.1. The summed E-state index contributed by atoms with van der Waals surface area (Å²) in [4.78, 5) is 0. The summed E-state index contributed by atoms with van der Waals surface area (Å²) in [5, 5.41) is 2.44. The molecule has 1 nitrogen and oxygen atoms in total. The Morgan fingerprint density at radius 2 is 1.19 bits per heavy atom. The van der Waals surface area contributed by atoms with Gasteiger partial charge < -0.3 is 0 Å². The molecule has 2 aliphatic rings. The van der Waals surface area contributed by atoms with Crippen molar-refractivity contribution in [1.82, 2.24) is 0 Å². The van der Waals surface area contributed by atoms with Gasteiger partial charge >= 0.3 is 0 Å². The summed E-state index contributed by atoms with van der Waals surface area (Å²) in [7, 11) is 2.13. The smallest absolute Gasteiger partial charge is 0.201 e. The van der Waals surface area contributed by atoms with Crippen LogP contribution in [0.4, 0.5) is 0 Å². The van der Waals surface area contributed by atoms with E-state index in [1.165, 1.54) is 62.7 Å². The lowest BCUT2D eigenvalue weighted by molar-refractivity contribution is -0.660. The molecule has 212 valence electrons. The highest BCUT2D eigenvalue weighted by atomic mass is 14.9. The zero-order chi connectivity index (χ0) is 30.3. The van der Waals surface area contributed by atoms with E-state index in [9.17, 15) is 1.37 Å². The van der Waals surface area contributed by atoms with Gasteiger partial charge in [-0.25, -0.2) is 4.57 Å². The quantitative estimate of drug-likeness (QED) is 0.191. The number of pyridine rings is 1. The minimum Gasteiger partial charge on any atom is -0.201 e. The number of hydrogen-bond acceptors (Lipinski definition) is 0. The summed E-state index contributed by atoms with van der Waals surface area (Å²) in [6, 6.07) is 33.3. The normalized spacial score (nSPS) is 18.8. The summed E-state index contributed by atoms with van der Waals surface area (Å²) in [6.07, 6.45) is 13.1. The number of rotatable bonds is 5. The number of aromatic nitrogens is 1. The van der Waals surface area contributed by atoms with Crippen LogP contribution in [0.25, 0.3) is 44.3 Å². The Morgan fingerprint density at radius 3 is 1.88 bits per heavy atom. The summed E-state index contributed by atoms with van der Waals surface area (Å²) in [5.74, 6) is -0.978. The van der Waals surface area contributed by atoms with E-state index in [1.54, 1.807) is 0 Å². The van der Waals surface area contributed by atoms with Crippen LogP contribution in [0, 0.1) is 6.92 Å². The third kappa shape index (κ3) is 5.42. The minimum atomic E-state index is -0.560. The number of benzene rings is 4. The van der Waals surface area contributed by atoms with Crippen molar-refractivity contribution < 1.29 is 7.31 Å². The largest absolute Gasteiger partial charge is 0.213 e. The molecule has 2 fully saturated rings. The molecule has 1 aromatic heterocycles. The third-order valence-electron chi connectivity index (χ3n) is 9.77. The first-order chi connectivity index (χ1) is 21.3. The molecule has 0 unspecified atom stereocenters. The Morgan fingerprint density at radius 1 is 0.595 bits per heavy atom. The summed E-state index contributed by atoms with van der Waals surface area (Å²) < 4.78 is 20.9. The first-order valence-corrected chi connectivity index (χ1v) is 16.1. The van der Waals surface area contributed by atoms with E-state index >= 15 is 0 Å². The zero-order valence-corrected chi connectivity index (χ0v) is 25.3. The molecule has 42 heavy (non-hydrogen) atoms. The fourth-order valence-corrected chi connectivity index (χ4v) is 7.30. The second-order valence-corrected chi connectivity index (χ2v) is 12.6. The van der Waals surface area contributed by atoms with Gasteiger partial charge in [0, 0.05) is 19.9 Å². The molecule has 0 aliphatic heterocycles. The molecule has 0 amide bonds. The van der Waals surface area contributed by atoms with Gasteiger partial charge in [0.1, 0.15) is 7.05 Å². The van der Waals surface area contributed by atoms with Gasteiger partial charge in [0.05, 0.1) is 0 Å². The maximum atomic E-state index is 9.62. The van der Waals surface area contributed by atoms with Crippen molar-refractivity contribution in [2.24, 2.45) is 7.05 Å². The van der Waals surface area contributed by atoms with Crippen molar-refractivity contribution in [3.63, 3.8) is 0 Å². The molecular formula is C41H44N+. The number of hydrogen-bond donors (Lipinski definition) is 0. The van der Waals surface area contributed by atoms with E-state index in [0.29, 0.717) is 0 Å². The van der Waals surface area contributed by atoms with Gasteiger partial charge in [-0.15, -0.1) is 0 Å². The van der Waals surface area contributed by atoms with Crippen LogP contribution in [0.3, 0.4) is 0 Å². The highest BCUT2D eigenvalue weighted by Crippen LogP contribution is 2.40. The van der Waals surface area contributed by atoms with Gasteiger partial charge in [-0.05, 0) is 107 Å². The molecular weight excluding hydrogens is 506 g/mol. The molecule has 0 atom stereocenters. The maximum Gasteiger partial charge on any atom is 0.213 e. The lowest BCUT2D eigenvalue weighted by atomic mass is 9.81. The topological polar surface area (TPSA) is 3.88 Å². The van der Waals surface area contributed by atoms with Crippen molar-refractivity contribution in [2.45, 2.75) is 82.9 Å². The van der Waals surface area contributed by atoms with Crippen molar-refractivity contribution in [1.29, 1.82) is 0 Å². The molecule has 7 rings (SSSR count). The molecule has 2 aliphatic carbocycles. The van der Waals surface area contributed by atoms with Crippen LogP contribution in [0.15, 0.2) is 97.2 Å². The van der Waals surface area contributed by atoms with Crippen LogP contribution < -0.4 is 4.57 Å². The molecule has 0 spiro atoms. The van der Waals surface area contributed by atoms with Gasteiger partial charge in [0.15, 0.2) is 6.20 Å². The number of aryl methyl sites for hydroxylation is 2. The minimum absolute atomic E-state index is 0.418. The van der Waals surface area contributed by atoms with Crippen LogP contribution in [-0.4, -0.2) is 0 Å². The number of fused-ring (bicyclic) bond motifs is 1. The number of nitrogens with zero attached hydrogens (tertiary/aromatic N) is 1. The Labute approximate surface area is 255 Å². The fourth-order valence-electron chi connectivity index (χ4n) is 7.30. The average molecular weight is 553 g/mol. The standard InChI is InChI=1S/C41H44N/c1-29-11-9-10-16-38(29)41-27-39(40(28-42(41)2)33-14-7-4-8-15-33)37-24-23-35-25-34(21-22-36(35)26-37)32-19-17-31(18-20-32)30-12-5-3-6-13-30/h9-11,16-28,30,33H,3-8,12-15H2,1-2H3/q+1/i30D,33D. The maximum absolute atomic E-state index is 9.62. The Kier molecular flexibility index (Phi) is 7.03. The van der Waals surface area contributed by atoms with Crippen LogP contribution in [0.5, 0.6) is 0 Å². The Bertz CT molecular complexity index is 1810. The van der Waals surface area contributed by atoms with Crippen molar-refractivity contribution in [3.8, 4) is 33.5 Å². The highest BCUT2D eigenvalue weighted by molar-refractivity contribution is 5.91. The molecule has 0 bridgehead atoms. The van der Waals surface area contributed by atoms with E-state index < -0.39 is 11.8 Å². The summed E-state index contributed by atoms with van der Waals surface area (Å²) >= 11 is 0. The molecule has 4 aromatic carbocycles. The van der Waals surface area contributed by atoms with Crippen LogP contribution >= 0.6 is 0 Å². The molecule has 2 saturated carbocycles. The second-order valence-electron chi connectivity index (χ2n) is 12.6. The lowest BCUT2D eigenvalue weighted by Gasteiger charge is -2.24. The second kappa shape index (κ2) is 11.9. The van der Waals surface area contributed by atoms with Gasteiger partial charge in [0.2, 0.25) is 5.69 Å². The molecule has 0 saturated heterocycles. The van der Waals surface area contributed by atoms with Crippen LogP contribution in [-0.2, 0) is 7.05 Å². The van der Waals surface area contributed by atoms with Crippen molar-refractivity contribution >= 4 is 10.8 Å². The summed E-state index contributed by atoms with van der Waals surface area (Å²) in [6.45, 7) is 2.18.